The first-order chi connectivity index (χ1) is 9.93. The fraction of sp³-hybridized carbons (Fsp3) is 0.867. The van der Waals surface area contributed by atoms with Crippen LogP contribution in [0.4, 0.5) is 0 Å². The van der Waals surface area contributed by atoms with Gasteiger partial charge >= 0.3 is 0 Å². The van der Waals surface area contributed by atoms with E-state index in [4.69, 9.17) is 0 Å². The molecule has 0 saturated carbocycles. The molecule has 0 radical (unpaired) electrons. The predicted octanol–water partition coefficient (Wildman–Crippen LogP) is 0.503. The standard InChI is InChI=1S/C15H31N5O/c1-6-20-9-7-8-13(20)10-16-15(18-12(2)3)17-11-14(21)19(4)5/h12-13H,6-11H2,1-5H3,(H2,16,17,18). The Morgan fingerprint density at radius 2 is 2.14 bits per heavy atom. The Balaban J connectivity index is 2.53. The molecule has 122 valence electrons. The van der Waals surface area contributed by atoms with Gasteiger partial charge in [0.25, 0.3) is 0 Å². The van der Waals surface area contributed by atoms with Gasteiger partial charge in [-0.1, -0.05) is 6.92 Å². The largest absolute Gasteiger partial charge is 0.355 e. The SMILES string of the molecule is CCN1CCCC1CNC(=NCC(=O)N(C)C)NC(C)C. The van der Waals surface area contributed by atoms with E-state index in [1.165, 1.54) is 19.4 Å². The molecule has 21 heavy (non-hydrogen) atoms. The van der Waals surface area contributed by atoms with E-state index < -0.39 is 0 Å². The molecule has 1 aliphatic heterocycles. The number of amides is 1. The fourth-order valence-electron chi connectivity index (χ4n) is 2.47. The van der Waals surface area contributed by atoms with Crippen molar-refractivity contribution in [2.75, 3.05) is 40.3 Å². The number of likely N-dealkylation sites (tertiary alicyclic amines) is 1. The van der Waals surface area contributed by atoms with E-state index in [0.29, 0.717) is 6.04 Å². The van der Waals surface area contributed by atoms with Crippen molar-refractivity contribution in [3.8, 4) is 0 Å². The molecule has 1 saturated heterocycles. The summed E-state index contributed by atoms with van der Waals surface area (Å²) in [6, 6.07) is 0.857. The molecule has 1 amide bonds. The van der Waals surface area contributed by atoms with Crippen LogP contribution >= 0.6 is 0 Å². The molecular formula is C15H31N5O. The molecule has 1 atom stereocenters. The molecule has 1 heterocycles. The molecular weight excluding hydrogens is 266 g/mol. The third-order valence-corrected chi connectivity index (χ3v) is 3.71. The molecule has 0 aromatic heterocycles. The van der Waals surface area contributed by atoms with E-state index >= 15 is 0 Å². The highest BCUT2D eigenvalue weighted by atomic mass is 16.2. The minimum Gasteiger partial charge on any atom is -0.355 e. The van der Waals surface area contributed by atoms with Gasteiger partial charge in [0.15, 0.2) is 5.96 Å². The number of likely N-dealkylation sites (N-methyl/N-ethyl adjacent to an activating group) is 2. The van der Waals surface area contributed by atoms with Crippen molar-refractivity contribution in [3.05, 3.63) is 0 Å². The molecule has 0 aromatic rings. The maximum atomic E-state index is 11.6. The lowest BCUT2D eigenvalue weighted by Crippen LogP contribution is -2.47. The quantitative estimate of drug-likeness (QED) is 0.554. The topological polar surface area (TPSA) is 60.0 Å². The van der Waals surface area contributed by atoms with Gasteiger partial charge in [0.2, 0.25) is 5.91 Å². The molecule has 1 unspecified atom stereocenters. The minimum absolute atomic E-state index is 0.0101. The van der Waals surface area contributed by atoms with Gasteiger partial charge in [0, 0.05) is 32.7 Å². The molecule has 6 heteroatoms. The number of nitrogens with one attached hydrogen (secondary N) is 2. The zero-order chi connectivity index (χ0) is 15.8. The number of rotatable bonds is 6. The summed E-state index contributed by atoms with van der Waals surface area (Å²) < 4.78 is 0. The smallest absolute Gasteiger partial charge is 0.243 e. The molecule has 2 N–H and O–H groups in total. The molecule has 1 aliphatic rings. The van der Waals surface area contributed by atoms with E-state index in [9.17, 15) is 4.79 Å². The monoisotopic (exact) mass is 297 g/mol. The number of hydrogen-bond donors (Lipinski definition) is 2. The number of guanidine groups is 1. The van der Waals surface area contributed by atoms with Gasteiger partial charge in [0.05, 0.1) is 0 Å². The van der Waals surface area contributed by atoms with Crippen LogP contribution in [0.1, 0.15) is 33.6 Å². The number of aliphatic imine (C=N–C) groups is 1. The molecule has 1 rings (SSSR count). The third kappa shape index (κ3) is 6.33. The summed E-state index contributed by atoms with van der Waals surface area (Å²) in [5, 5.41) is 6.66. The summed E-state index contributed by atoms with van der Waals surface area (Å²) in [6.45, 7) is 9.68. The van der Waals surface area contributed by atoms with Crippen LogP contribution in [0, 0.1) is 0 Å². The zero-order valence-electron chi connectivity index (χ0n) is 14.1. The van der Waals surface area contributed by atoms with Crippen LogP contribution in [0.25, 0.3) is 0 Å². The summed E-state index contributed by atoms with van der Waals surface area (Å²) in [5.74, 6) is 0.735. The highest BCUT2D eigenvalue weighted by molar-refractivity contribution is 5.84. The lowest BCUT2D eigenvalue weighted by Gasteiger charge is -2.24. The molecule has 0 aliphatic carbocycles. The summed E-state index contributed by atoms with van der Waals surface area (Å²) in [4.78, 5) is 20.1. The van der Waals surface area contributed by atoms with Gasteiger partial charge in [-0.2, -0.15) is 0 Å². The van der Waals surface area contributed by atoms with Crippen LogP contribution in [0.15, 0.2) is 4.99 Å². The summed E-state index contributed by atoms with van der Waals surface area (Å²) >= 11 is 0. The Morgan fingerprint density at radius 3 is 2.71 bits per heavy atom. The molecule has 0 aromatic carbocycles. The Kier molecular flexibility index (Phi) is 7.50. The maximum Gasteiger partial charge on any atom is 0.243 e. The molecule has 0 spiro atoms. The first kappa shape index (κ1) is 17.8. The number of carbonyl (C=O) groups excluding carboxylic acids is 1. The summed E-state index contributed by atoms with van der Waals surface area (Å²) in [6.07, 6.45) is 2.50. The van der Waals surface area contributed by atoms with Crippen LogP contribution in [-0.4, -0.2) is 74.0 Å². The average Bonchev–Trinajstić information content (AvgIpc) is 2.88. The van der Waals surface area contributed by atoms with E-state index in [1.54, 1.807) is 19.0 Å². The average molecular weight is 297 g/mol. The normalized spacial score (nSPS) is 19.9. The maximum absolute atomic E-state index is 11.6. The van der Waals surface area contributed by atoms with E-state index in [1.807, 2.05) is 0 Å². The van der Waals surface area contributed by atoms with Crippen molar-refractivity contribution in [2.24, 2.45) is 4.99 Å². The second kappa shape index (κ2) is 8.87. The van der Waals surface area contributed by atoms with Gasteiger partial charge in [-0.15, -0.1) is 0 Å². The second-order valence-electron chi connectivity index (χ2n) is 6.06. The predicted molar refractivity (Wildman–Crippen MR) is 87.5 cm³/mol. The van der Waals surface area contributed by atoms with Crippen molar-refractivity contribution in [2.45, 2.75) is 45.7 Å². The fourth-order valence-corrected chi connectivity index (χ4v) is 2.47. The highest BCUT2D eigenvalue weighted by Crippen LogP contribution is 2.15. The van der Waals surface area contributed by atoms with Crippen molar-refractivity contribution < 1.29 is 4.79 Å². The minimum atomic E-state index is 0.0101. The number of carbonyl (C=O) groups is 1. The Bertz CT molecular complexity index is 354. The van der Waals surface area contributed by atoms with Crippen molar-refractivity contribution >= 4 is 11.9 Å². The molecule has 1 fully saturated rings. The van der Waals surface area contributed by atoms with E-state index in [0.717, 1.165) is 19.0 Å². The first-order valence-electron chi connectivity index (χ1n) is 7.93. The van der Waals surface area contributed by atoms with Gasteiger partial charge < -0.3 is 15.5 Å². The van der Waals surface area contributed by atoms with Crippen LogP contribution in [0.2, 0.25) is 0 Å². The first-order valence-corrected chi connectivity index (χ1v) is 7.93. The number of nitrogens with zero attached hydrogens (tertiary/aromatic N) is 3. The Labute approximate surface area is 129 Å². The molecule has 0 bridgehead atoms. The van der Waals surface area contributed by atoms with Crippen molar-refractivity contribution in [3.63, 3.8) is 0 Å². The van der Waals surface area contributed by atoms with Crippen LogP contribution < -0.4 is 10.6 Å². The summed E-state index contributed by atoms with van der Waals surface area (Å²) in [5.41, 5.74) is 0. The van der Waals surface area contributed by atoms with E-state index in [-0.39, 0.29) is 18.5 Å². The Morgan fingerprint density at radius 1 is 1.43 bits per heavy atom. The van der Waals surface area contributed by atoms with Crippen LogP contribution in [0.3, 0.4) is 0 Å². The highest BCUT2D eigenvalue weighted by Gasteiger charge is 2.22. The lowest BCUT2D eigenvalue weighted by molar-refractivity contribution is -0.127. The van der Waals surface area contributed by atoms with Crippen molar-refractivity contribution in [1.29, 1.82) is 0 Å². The van der Waals surface area contributed by atoms with Crippen LogP contribution in [0.5, 0.6) is 0 Å². The summed E-state index contributed by atoms with van der Waals surface area (Å²) in [7, 11) is 3.50. The van der Waals surface area contributed by atoms with E-state index in [2.05, 4.69) is 41.3 Å². The number of hydrogen-bond acceptors (Lipinski definition) is 3. The van der Waals surface area contributed by atoms with Crippen LogP contribution in [-0.2, 0) is 4.79 Å². The molecule has 6 nitrogen and oxygen atoms in total. The van der Waals surface area contributed by atoms with Gasteiger partial charge in [-0.05, 0) is 39.8 Å². The van der Waals surface area contributed by atoms with Gasteiger partial charge in [0.1, 0.15) is 6.54 Å². The van der Waals surface area contributed by atoms with Gasteiger partial charge in [-0.25, -0.2) is 4.99 Å². The second-order valence-corrected chi connectivity index (χ2v) is 6.06. The lowest BCUT2D eigenvalue weighted by atomic mass is 10.2. The van der Waals surface area contributed by atoms with Gasteiger partial charge in [-0.3, -0.25) is 9.69 Å². The Hall–Kier alpha value is -1.30. The zero-order valence-corrected chi connectivity index (χ0v) is 14.1. The van der Waals surface area contributed by atoms with Crippen molar-refractivity contribution in [1.82, 2.24) is 20.4 Å². The third-order valence-electron chi connectivity index (χ3n) is 3.71.